The largest absolute Gasteiger partial charge is 0.383 e. The van der Waals surface area contributed by atoms with Crippen LogP contribution in [-0.4, -0.2) is 28.3 Å². The van der Waals surface area contributed by atoms with E-state index in [9.17, 15) is 14.4 Å². The third kappa shape index (κ3) is 4.89. The van der Waals surface area contributed by atoms with Gasteiger partial charge in [0.15, 0.2) is 5.69 Å². The average Bonchev–Trinajstić information content (AvgIpc) is 2.72. The van der Waals surface area contributed by atoms with E-state index in [-0.39, 0.29) is 23.8 Å². The van der Waals surface area contributed by atoms with Crippen LogP contribution in [0.2, 0.25) is 10.0 Å². The van der Waals surface area contributed by atoms with Crippen molar-refractivity contribution in [1.29, 1.82) is 0 Å². The van der Waals surface area contributed by atoms with Gasteiger partial charge in [-0.3, -0.25) is 19.1 Å². The van der Waals surface area contributed by atoms with Crippen LogP contribution >= 0.6 is 35.0 Å². The number of carbonyl (C=O) groups excluding carboxylic acids is 1. The Morgan fingerprint density at radius 3 is 2.57 bits per heavy atom. The highest BCUT2D eigenvalue weighted by molar-refractivity contribution is 8.00. The Morgan fingerprint density at radius 1 is 1.17 bits per heavy atom. The second kappa shape index (κ2) is 9.42. The number of hydrogen-bond acceptors (Lipinski definition) is 5. The van der Waals surface area contributed by atoms with Gasteiger partial charge in [0, 0.05) is 17.0 Å². The van der Waals surface area contributed by atoms with Gasteiger partial charge in [0.2, 0.25) is 5.91 Å². The van der Waals surface area contributed by atoms with E-state index in [1.54, 1.807) is 18.2 Å². The molecule has 3 N–H and O–H groups in total. The zero-order valence-electron chi connectivity index (χ0n) is 15.9. The highest BCUT2D eigenvalue weighted by Crippen LogP contribution is 2.30. The summed E-state index contributed by atoms with van der Waals surface area (Å²) in [4.78, 5) is 41.4. The third-order valence-electron chi connectivity index (χ3n) is 4.35. The smallest absolute Gasteiger partial charge is 0.330 e. The summed E-state index contributed by atoms with van der Waals surface area (Å²) >= 11 is 13.3. The number of aromatic amines is 1. The van der Waals surface area contributed by atoms with Crippen LogP contribution in [0.4, 0.5) is 11.5 Å². The van der Waals surface area contributed by atoms with Crippen molar-refractivity contribution in [3.63, 3.8) is 0 Å². The average molecular weight is 465 g/mol. The van der Waals surface area contributed by atoms with Crippen LogP contribution < -0.4 is 21.9 Å². The molecular formula is C20H18Cl2N4O3S. The maximum Gasteiger partial charge on any atom is 0.330 e. The minimum Gasteiger partial charge on any atom is -0.383 e. The fourth-order valence-electron chi connectivity index (χ4n) is 2.77. The summed E-state index contributed by atoms with van der Waals surface area (Å²) in [6, 6.07) is 14.1. The van der Waals surface area contributed by atoms with E-state index in [1.807, 2.05) is 30.3 Å². The van der Waals surface area contributed by atoms with Crippen LogP contribution in [0.1, 0.15) is 5.56 Å². The quantitative estimate of drug-likeness (QED) is 0.545. The standard InChI is InChI=1S/C20H18Cl2N4O3S/c1-25(16(27)11-30-15-9-13(21)7-8-14(15)22)17-18(23)26(20(29)24-19(17)28)10-12-5-3-2-4-6-12/h2-9H,10-11,23H2,1H3,(H,24,28,29). The number of amides is 1. The number of benzene rings is 2. The van der Waals surface area contributed by atoms with Gasteiger partial charge in [-0.15, -0.1) is 11.8 Å². The number of anilines is 2. The Kier molecular flexibility index (Phi) is 6.91. The number of hydrogen-bond donors (Lipinski definition) is 2. The first-order valence-corrected chi connectivity index (χ1v) is 10.5. The molecule has 3 aromatic rings. The molecule has 0 bridgehead atoms. The molecule has 0 radical (unpaired) electrons. The van der Waals surface area contributed by atoms with Gasteiger partial charge in [0.05, 0.1) is 17.3 Å². The van der Waals surface area contributed by atoms with Crippen molar-refractivity contribution in [1.82, 2.24) is 9.55 Å². The molecule has 1 aromatic heterocycles. The molecule has 0 saturated carbocycles. The summed E-state index contributed by atoms with van der Waals surface area (Å²) in [6.07, 6.45) is 0. The SMILES string of the molecule is CN(C(=O)CSc1cc(Cl)ccc1Cl)c1c(N)n(Cc2ccccc2)c(=O)[nH]c1=O. The van der Waals surface area contributed by atoms with E-state index in [4.69, 9.17) is 28.9 Å². The molecule has 0 spiro atoms. The molecular weight excluding hydrogens is 447 g/mol. The summed E-state index contributed by atoms with van der Waals surface area (Å²) in [6.45, 7) is 0.157. The number of aromatic nitrogens is 2. The van der Waals surface area contributed by atoms with Gasteiger partial charge in [-0.25, -0.2) is 4.79 Å². The van der Waals surface area contributed by atoms with Gasteiger partial charge in [-0.05, 0) is 23.8 Å². The van der Waals surface area contributed by atoms with Crippen LogP contribution in [0.15, 0.2) is 63.0 Å². The number of nitrogen functional groups attached to an aromatic ring is 1. The van der Waals surface area contributed by atoms with Crippen molar-refractivity contribution in [3.05, 3.63) is 85.0 Å². The minimum atomic E-state index is -0.733. The lowest BCUT2D eigenvalue weighted by Crippen LogP contribution is -2.40. The second-order valence-corrected chi connectivity index (χ2v) is 8.24. The molecule has 156 valence electrons. The van der Waals surface area contributed by atoms with E-state index in [0.29, 0.717) is 14.9 Å². The molecule has 0 aliphatic heterocycles. The summed E-state index contributed by atoms with van der Waals surface area (Å²) in [7, 11) is 1.43. The normalized spacial score (nSPS) is 10.8. The summed E-state index contributed by atoms with van der Waals surface area (Å²) in [5, 5.41) is 0.963. The van der Waals surface area contributed by atoms with Crippen LogP contribution in [0.25, 0.3) is 0 Å². The number of nitrogens with zero attached hydrogens (tertiary/aromatic N) is 2. The van der Waals surface area contributed by atoms with E-state index in [0.717, 1.165) is 10.5 Å². The monoisotopic (exact) mass is 464 g/mol. The third-order valence-corrected chi connectivity index (χ3v) is 6.07. The predicted molar refractivity (Wildman–Crippen MR) is 122 cm³/mol. The number of H-pyrrole nitrogens is 1. The maximum atomic E-state index is 12.7. The number of nitrogens with two attached hydrogens (primary N) is 1. The number of halogens is 2. The minimum absolute atomic E-state index is 0.00669. The number of thioether (sulfide) groups is 1. The van der Waals surface area contributed by atoms with Gasteiger partial charge >= 0.3 is 5.69 Å². The predicted octanol–water partition coefficient (Wildman–Crippen LogP) is 3.23. The molecule has 2 aromatic carbocycles. The van der Waals surface area contributed by atoms with Gasteiger partial charge < -0.3 is 10.6 Å². The zero-order chi connectivity index (χ0) is 21.8. The van der Waals surface area contributed by atoms with Crippen molar-refractivity contribution in [3.8, 4) is 0 Å². The fourth-order valence-corrected chi connectivity index (χ4v) is 4.18. The first-order valence-electron chi connectivity index (χ1n) is 8.79. The number of nitrogens with one attached hydrogen (secondary N) is 1. The van der Waals surface area contributed by atoms with Crippen molar-refractivity contribution in [2.75, 3.05) is 23.4 Å². The lowest BCUT2D eigenvalue weighted by molar-refractivity contribution is -0.115. The molecule has 0 fully saturated rings. The van der Waals surface area contributed by atoms with E-state index in [1.165, 1.54) is 23.4 Å². The molecule has 1 heterocycles. The summed E-state index contributed by atoms with van der Waals surface area (Å²) < 4.78 is 1.22. The van der Waals surface area contributed by atoms with E-state index >= 15 is 0 Å². The Balaban J connectivity index is 1.86. The van der Waals surface area contributed by atoms with Gasteiger partial charge in [-0.1, -0.05) is 53.5 Å². The van der Waals surface area contributed by atoms with Gasteiger partial charge in [0.1, 0.15) is 5.82 Å². The first kappa shape index (κ1) is 22.0. The molecule has 10 heteroatoms. The second-order valence-electron chi connectivity index (χ2n) is 6.38. The Hall–Kier alpha value is -2.68. The van der Waals surface area contributed by atoms with Crippen LogP contribution in [0.5, 0.6) is 0 Å². The molecule has 0 aliphatic carbocycles. The van der Waals surface area contributed by atoms with Crippen molar-refractivity contribution in [2.24, 2.45) is 0 Å². The van der Waals surface area contributed by atoms with Crippen molar-refractivity contribution >= 4 is 52.4 Å². The topological polar surface area (TPSA) is 101 Å². The number of rotatable bonds is 6. The summed E-state index contributed by atoms with van der Waals surface area (Å²) in [5.74, 6) is -0.486. The Morgan fingerprint density at radius 2 is 1.87 bits per heavy atom. The van der Waals surface area contributed by atoms with Crippen molar-refractivity contribution in [2.45, 2.75) is 11.4 Å². The Bertz CT molecular complexity index is 1190. The van der Waals surface area contributed by atoms with Gasteiger partial charge in [-0.2, -0.15) is 0 Å². The molecule has 0 unspecified atom stereocenters. The molecule has 0 saturated heterocycles. The highest BCUT2D eigenvalue weighted by Gasteiger charge is 2.21. The molecule has 0 atom stereocenters. The lowest BCUT2D eigenvalue weighted by Gasteiger charge is -2.20. The van der Waals surface area contributed by atoms with Crippen molar-refractivity contribution < 1.29 is 4.79 Å². The van der Waals surface area contributed by atoms with Crippen LogP contribution in [-0.2, 0) is 11.3 Å². The zero-order valence-corrected chi connectivity index (χ0v) is 18.2. The van der Waals surface area contributed by atoms with E-state index < -0.39 is 17.2 Å². The molecule has 0 aliphatic rings. The lowest BCUT2D eigenvalue weighted by atomic mass is 10.2. The van der Waals surface area contributed by atoms with Gasteiger partial charge in [0.25, 0.3) is 5.56 Å². The van der Waals surface area contributed by atoms with Crippen LogP contribution in [0, 0.1) is 0 Å². The first-order chi connectivity index (χ1) is 14.3. The summed E-state index contributed by atoms with van der Waals surface area (Å²) in [5.41, 5.74) is 5.48. The molecule has 1 amide bonds. The van der Waals surface area contributed by atoms with E-state index in [2.05, 4.69) is 4.98 Å². The molecule has 3 rings (SSSR count). The Labute approximate surface area is 186 Å². The van der Waals surface area contributed by atoms with Crippen LogP contribution in [0.3, 0.4) is 0 Å². The molecule has 30 heavy (non-hydrogen) atoms. The molecule has 7 nitrogen and oxygen atoms in total. The highest BCUT2D eigenvalue weighted by atomic mass is 35.5. The number of carbonyl (C=O) groups is 1. The maximum absolute atomic E-state index is 12.7. The fraction of sp³-hybridized carbons (Fsp3) is 0.150.